The van der Waals surface area contributed by atoms with Gasteiger partial charge in [-0.1, -0.05) is 35.9 Å². The zero-order chi connectivity index (χ0) is 15.8. The predicted octanol–water partition coefficient (Wildman–Crippen LogP) is 4.78. The first kappa shape index (κ1) is 14.1. The van der Waals surface area contributed by atoms with Crippen molar-refractivity contribution in [1.82, 2.24) is 15.0 Å². The van der Waals surface area contributed by atoms with Gasteiger partial charge in [-0.2, -0.15) is 4.98 Å². The lowest BCUT2D eigenvalue weighted by Gasteiger charge is -2.00. The van der Waals surface area contributed by atoms with Gasteiger partial charge in [-0.15, -0.1) is 11.3 Å². The van der Waals surface area contributed by atoms with E-state index >= 15 is 0 Å². The Kier molecular flexibility index (Phi) is 3.44. The number of hydrogen-bond donors (Lipinski definition) is 1. The molecule has 0 bridgehead atoms. The highest BCUT2D eigenvalue weighted by Gasteiger charge is 2.14. The maximum atomic E-state index is 10.2. The van der Waals surface area contributed by atoms with Crippen LogP contribution in [0.3, 0.4) is 0 Å². The molecular formula is C17H10ClN3OS. The summed E-state index contributed by atoms with van der Waals surface area (Å²) in [7, 11) is 0. The SMILES string of the molecule is Oc1nc(-c2ccccn2)nc2cc(-c3ccccc3Cl)sc12. The molecule has 4 nitrogen and oxygen atoms in total. The van der Waals surface area contributed by atoms with E-state index < -0.39 is 0 Å². The standard InChI is InChI=1S/C17H10ClN3OS/c18-11-6-2-1-5-10(11)14-9-13-15(23-14)17(22)21-16(20-13)12-7-3-4-8-19-12/h1-9H,(H,20,21,22). The molecular weight excluding hydrogens is 330 g/mol. The van der Waals surface area contributed by atoms with Gasteiger partial charge >= 0.3 is 0 Å². The largest absolute Gasteiger partial charge is 0.492 e. The third kappa shape index (κ3) is 2.54. The van der Waals surface area contributed by atoms with Crippen LogP contribution in [0, 0.1) is 0 Å². The minimum Gasteiger partial charge on any atom is -0.492 e. The van der Waals surface area contributed by atoms with Crippen molar-refractivity contribution in [3.63, 3.8) is 0 Å². The Morgan fingerprint density at radius 3 is 2.61 bits per heavy atom. The Hall–Kier alpha value is -2.50. The summed E-state index contributed by atoms with van der Waals surface area (Å²) in [5.41, 5.74) is 2.21. The Morgan fingerprint density at radius 1 is 1.00 bits per heavy atom. The lowest BCUT2D eigenvalue weighted by atomic mass is 10.2. The van der Waals surface area contributed by atoms with Crippen LogP contribution < -0.4 is 0 Å². The fraction of sp³-hybridized carbons (Fsp3) is 0. The molecule has 0 fully saturated rings. The Morgan fingerprint density at radius 2 is 1.83 bits per heavy atom. The lowest BCUT2D eigenvalue weighted by molar-refractivity contribution is 0.461. The van der Waals surface area contributed by atoms with Gasteiger partial charge in [0.15, 0.2) is 5.82 Å². The number of rotatable bonds is 2. The van der Waals surface area contributed by atoms with Gasteiger partial charge in [0.2, 0.25) is 5.88 Å². The lowest BCUT2D eigenvalue weighted by Crippen LogP contribution is -1.91. The van der Waals surface area contributed by atoms with Crippen LogP contribution in [0.1, 0.15) is 0 Å². The Labute approximate surface area is 141 Å². The number of halogens is 1. The summed E-state index contributed by atoms with van der Waals surface area (Å²) < 4.78 is 0.639. The molecule has 0 saturated heterocycles. The maximum Gasteiger partial charge on any atom is 0.233 e. The number of benzene rings is 1. The molecule has 0 aliphatic carbocycles. The van der Waals surface area contributed by atoms with Crippen molar-refractivity contribution in [3.05, 3.63) is 59.8 Å². The van der Waals surface area contributed by atoms with Crippen LogP contribution in [0.5, 0.6) is 5.88 Å². The van der Waals surface area contributed by atoms with Gasteiger partial charge in [0.1, 0.15) is 10.4 Å². The minimum atomic E-state index is -0.0426. The van der Waals surface area contributed by atoms with E-state index in [1.807, 2.05) is 48.5 Å². The predicted molar refractivity (Wildman–Crippen MR) is 92.8 cm³/mol. The van der Waals surface area contributed by atoms with Crippen molar-refractivity contribution in [2.75, 3.05) is 0 Å². The molecule has 0 aliphatic rings. The molecule has 0 aliphatic heterocycles. The zero-order valence-electron chi connectivity index (χ0n) is 11.8. The molecule has 0 atom stereocenters. The van der Waals surface area contributed by atoms with E-state index in [4.69, 9.17) is 11.6 Å². The van der Waals surface area contributed by atoms with Crippen LogP contribution in [0.2, 0.25) is 5.02 Å². The van der Waals surface area contributed by atoms with Gasteiger partial charge < -0.3 is 5.11 Å². The van der Waals surface area contributed by atoms with E-state index in [0.717, 1.165) is 10.4 Å². The molecule has 3 aromatic heterocycles. The van der Waals surface area contributed by atoms with E-state index in [-0.39, 0.29) is 5.88 Å². The van der Waals surface area contributed by atoms with E-state index in [2.05, 4.69) is 15.0 Å². The van der Waals surface area contributed by atoms with Crippen LogP contribution >= 0.6 is 22.9 Å². The highest BCUT2D eigenvalue weighted by Crippen LogP contribution is 2.39. The maximum absolute atomic E-state index is 10.2. The summed E-state index contributed by atoms with van der Waals surface area (Å²) in [6, 6.07) is 15.0. The van der Waals surface area contributed by atoms with Crippen molar-refractivity contribution >= 4 is 33.2 Å². The molecule has 4 aromatic rings. The molecule has 6 heteroatoms. The fourth-order valence-corrected chi connectivity index (χ4v) is 3.64. The number of pyridine rings is 1. The molecule has 112 valence electrons. The van der Waals surface area contributed by atoms with E-state index in [1.165, 1.54) is 11.3 Å². The van der Waals surface area contributed by atoms with Crippen LogP contribution in [-0.4, -0.2) is 20.1 Å². The summed E-state index contributed by atoms with van der Waals surface area (Å²) in [5, 5.41) is 10.9. The quantitative estimate of drug-likeness (QED) is 0.571. The van der Waals surface area contributed by atoms with Gasteiger partial charge in [0.25, 0.3) is 0 Å². The monoisotopic (exact) mass is 339 g/mol. The van der Waals surface area contributed by atoms with Crippen molar-refractivity contribution in [3.8, 4) is 27.8 Å². The average Bonchev–Trinajstić information content (AvgIpc) is 3.00. The third-order valence-electron chi connectivity index (χ3n) is 3.39. The summed E-state index contributed by atoms with van der Waals surface area (Å²) in [5.74, 6) is 0.359. The number of aromatic nitrogens is 3. The highest BCUT2D eigenvalue weighted by molar-refractivity contribution is 7.22. The van der Waals surface area contributed by atoms with Crippen LogP contribution in [0.4, 0.5) is 0 Å². The molecule has 0 radical (unpaired) electrons. The molecule has 23 heavy (non-hydrogen) atoms. The van der Waals surface area contributed by atoms with E-state index in [1.54, 1.807) is 6.20 Å². The molecule has 1 aromatic carbocycles. The van der Waals surface area contributed by atoms with Crippen LogP contribution in [0.25, 0.3) is 32.2 Å². The van der Waals surface area contributed by atoms with Gasteiger partial charge in [0.05, 0.1) is 5.52 Å². The van der Waals surface area contributed by atoms with E-state index in [0.29, 0.717) is 26.8 Å². The van der Waals surface area contributed by atoms with Crippen molar-refractivity contribution < 1.29 is 5.11 Å². The fourth-order valence-electron chi connectivity index (χ4n) is 2.32. The van der Waals surface area contributed by atoms with Crippen molar-refractivity contribution in [2.45, 2.75) is 0 Å². The Bertz CT molecular complexity index is 1000. The molecule has 4 rings (SSSR count). The zero-order valence-corrected chi connectivity index (χ0v) is 13.3. The summed E-state index contributed by atoms with van der Waals surface area (Å²) >= 11 is 7.67. The first-order chi connectivity index (χ1) is 11.2. The van der Waals surface area contributed by atoms with Gasteiger partial charge in [0, 0.05) is 21.7 Å². The first-order valence-electron chi connectivity index (χ1n) is 6.89. The highest BCUT2D eigenvalue weighted by atomic mass is 35.5. The number of fused-ring (bicyclic) bond motifs is 1. The van der Waals surface area contributed by atoms with Crippen molar-refractivity contribution in [1.29, 1.82) is 0 Å². The van der Waals surface area contributed by atoms with Crippen molar-refractivity contribution in [2.24, 2.45) is 0 Å². The second-order valence-electron chi connectivity index (χ2n) is 4.89. The second-order valence-corrected chi connectivity index (χ2v) is 6.35. The molecule has 0 saturated carbocycles. The molecule has 0 amide bonds. The minimum absolute atomic E-state index is 0.0426. The number of nitrogens with zero attached hydrogens (tertiary/aromatic N) is 3. The number of hydrogen-bond acceptors (Lipinski definition) is 5. The van der Waals surface area contributed by atoms with Gasteiger partial charge in [-0.3, -0.25) is 4.98 Å². The smallest absolute Gasteiger partial charge is 0.233 e. The summed E-state index contributed by atoms with van der Waals surface area (Å²) in [6.45, 7) is 0. The Balaban J connectivity index is 1.90. The normalized spacial score (nSPS) is 11.0. The summed E-state index contributed by atoms with van der Waals surface area (Å²) in [4.78, 5) is 13.8. The van der Waals surface area contributed by atoms with Gasteiger partial charge in [-0.25, -0.2) is 4.98 Å². The first-order valence-corrected chi connectivity index (χ1v) is 8.08. The number of thiophene rings is 1. The molecule has 0 unspecified atom stereocenters. The molecule has 0 spiro atoms. The summed E-state index contributed by atoms with van der Waals surface area (Å²) in [6.07, 6.45) is 1.67. The number of aromatic hydroxyl groups is 1. The van der Waals surface area contributed by atoms with Crippen LogP contribution in [-0.2, 0) is 0 Å². The molecule has 3 heterocycles. The second kappa shape index (κ2) is 5.61. The topological polar surface area (TPSA) is 58.9 Å². The van der Waals surface area contributed by atoms with Gasteiger partial charge in [-0.05, 0) is 24.3 Å². The van der Waals surface area contributed by atoms with Crippen LogP contribution in [0.15, 0.2) is 54.7 Å². The van der Waals surface area contributed by atoms with E-state index in [9.17, 15) is 5.11 Å². The molecule has 1 N–H and O–H groups in total. The average molecular weight is 340 g/mol. The third-order valence-corrected chi connectivity index (χ3v) is 4.87.